The predicted octanol–water partition coefficient (Wildman–Crippen LogP) is 3.83. The molecule has 0 unspecified atom stereocenters. The van der Waals surface area contributed by atoms with Gasteiger partial charge in [-0.1, -0.05) is 37.6 Å². The van der Waals surface area contributed by atoms with Gasteiger partial charge in [-0.3, -0.25) is 0 Å². The van der Waals surface area contributed by atoms with E-state index in [1.54, 1.807) is 0 Å². The summed E-state index contributed by atoms with van der Waals surface area (Å²) in [7, 11) is 0. The van der Waals surface area contributed by atoms with E-state index in [1.165, 1.54) is 12.1 Å². The molecule has 0 amide bonds. The Kier molecular flexibility index (Phi) is 4.84. The summed E-state index contributed by atoms with van der Waals surface area (Å²) in [5.41, 5.74) is 1.27. The summed E-state index contributed by atoms with van der Waals surface area (Å²) < 4.78 is 0. The van der Waals surface area contributed by atoms with Crippen molar-refractivity contribution in [3.63, 3.8) is 0 Å². The van der Waals surface area contributed by atoms with E-state index in [1.807, 2.05) is 6.07 Å². The van der Waals surface area contributed by atoms with E-state index < -0.39 is 0 Å². The first kappa shape index (κ1) is 10.8. The smallest absolute Gasteiger partial charge is 0.0405 e. The van der Waals surface area contributed by atoms with E-state index >= 15 is 0 Å². The molecule has 0 aromatic heterocycles. The number of hydrogen-bond donors (Lipinski definition) is 0. The summed E-state index contributed by atoms with van der Waals surface area (Å²) in [4.78, 5) is 2.26. The van der Waals surface area contributed by atoms with Crippen molar-refractivity contribution in [2.45, 2.75) is 26.7 Å². The molecule has 1 rings (SSSR count). The van der Waals surface area contributed by atoms with Crippen molar-refractivity contribution in [1.29, 1.82) is 0 Å². The lowest BCUT2D eigenvalue weighted by Gasteiger charge is -2.17. The van der Waals surface area contributed by atoms with Crippen LogP contribution < -0.4 is 4.90 Å². The number of rotatable bonds is 5. The number of unbranched alkanes of at least 4 members (excludes halogenated alkanes) is 1. The lowest BCUT2D eigenvalue weighted by atomic mass is 10.3. The number of hydrogen-bond acceptors (Lipinski definition) is 1. The van der Waals surface area contributed by atoms with Gasteiger partial charge in [-0.05, 0) is 25.5 Å². The number of anilines is 1. The molecule has 76 valence electrons. The molecule has 0 atom stereocenters. The number of allylic oxidation sites excluding steroid dienone is 1. The van der Waals surface area contributed by atoms with Crippen molar-refractivity contribution in [3.05, 3.63) is 42.6 Å². The van der Waals surface area contributed by atoms with Crippen LogP contribution in [-0.4, -0.2) is 6.54 Å². The standard InChI is InChI=1S/C13H19N/c1-3-5-9-12-14(4-2)13-10-7-6-8-11-13/h6-12H,3-5H2,1-2H3. The highest BCUT2D eigenvalue weighted by molar-refractivity contribution is 5.48. The zero-order chi connectivity index (χ0) is 10.2. The molecule has 0 N–H and O–H groups in total. The van der Waals surface area contributed by atoms with E-state index in [0.717, 1.165) is 13.0 Å². The van der Waals surface area contributed by atoms with Gasteiger partial charge >= 0.3 is 0 Å². The van der Waals surface area contributed by atoms with Crippen LogP contribution in [0, 0.1) is 0 Å². The van der Waals surface area contributed by atoms with Crippen molar-refractivity contribution in [3.8, 4) is 0 Å². The fourth-order valence-electron chi connectivity index (χ4n) is 1.36. The zero-order valence-corrected chi connectivity index (χ0v) is 9.11. The Hall–Kier alpha value is -1.24. The third-order valence-corrected chi connectivity index (χ3v) is 2.17. The van der Waals surface area contributed by atoms with Crippen LogP contribution in [0.3, 0.4) is 0 Å². The lowest BCUT2D eigenvalue weighted by Crippen LogP contribution is -2.14. The summed E-state index contributed by atoms with van der Waals surface area (Å²) in [6.07, 6.45) is 6.78. The first-order valence-electron chi connectivity index (χ1n) is 5.36. The van der Waals surface area contributed by atoms with E-state index in [4.69, 9.17) is 0 Å². The number of benzene rings is 1. The van der Waals surface area contributed by atoms with E-state index in [-0.39, 0.29) is 0 Å². The fraction of sp³-hybridized carbons (Fsp3) is 0.385. The third kappa shape index (κ3) is 3.25. The van der Waals surface area contributed by atoms with E-state index in [0.29, 0.717) is 0 Å². The summed E-state index contributed by atoms with van der Waals surface area (Å²) in [6.45, 7) is 5.39. The molecule has 0 aliphatic heterocycles. The normalized spacial score (nSPS) is 10.7. The van der Waals surface area contributed by atoms with Gasteiger partial charge in [0, 0.05) is 18.4 Å². The maximum atomic E-state index is 2.26. The van der Waals surface area contributed by atoms with Crippen molar-refractivity contribution < 1.29 is 0 Å². The van der Waals surface area contributed by atoms with Crippen molar-refractivity contribution in [2.24, 2.45) is 0 Å². The monoisotopic (exact) mass is 189 g/mol. The second-order valence-electron chi connectivity index (χ2n) is 3.30. The second-order valence-corrected chi connectivity index (χ2v) is 3.30. The number of nitrogens with zero attached hydrogens (tertiary/aromatic N) is 1. The first-order chi connectivity index (χ1) is 6.88. The van der Waals surface area contributed by atoms with Gasteiger partial charge in [0.15, 0.2) is 0 Å². The van der Waals surface area contributed by atoms with Gasteiger partial charge in [0.05, 0.1) is 0 Å². The van der Waals surface area contributed by atoms with Gasteiger partial charge in [-0.15, -0.1) is 0 Å². The average Bonchev–Trinajstić information content (AvgIpc) is 2.26. The van der Waals surface area contributed by atoms with Crippen molar-refractivity contribution >= 4 is 5.69 Å². The molecular weight excluding hydrogens is 170 g/mol. The molecule has 0 bridgehead atoms. The van der Waals surface area contributed by atoms with Crippen LogP contribution in [0.4, 0.5) is 5.69 Å². The SMILES string of the molecule is CCCC=CN(CC)c1ccccc1. The molecule has 1 aromatic carbocycles. The first-order valence-corrected chi connectivity index (χ1v) is 5.36. The molecule has 0 saturated carbocycles. The van der Waals surface area contributed by atoms with Gasteiger partial charge in [0.2, 0.25) is 0 Å². The third-order valence-electron chi connectivity index (χ3n) is 2.17. The molecule has 0 heterocycles. The Labute approximate surface area is 87.1 Å². The topological polar surface area (TPSA) is 3.24 Å². The largest absolute Gasteiger partial charge is 0.349 e. The average molecular weight is 189 g/mol. The van der Waals surface area contributed by atoms with Crippen LogP contribution in [0.1, 0.15) is 26.7 Å². The Morgan fingerprint density at radius 3 is 2.43 bits per heavy atom. The van der Waals surface area contributed by atoms with Crippen LogP contribution in [-0.2, 0) is 0 Å². The van der Waals surface area contributed by atoms with E-state index in [2.05, 4.69) is 55.3 Å². The molecule has 1 heteroatoms. The highest BCUT2D eigenvalue weighted by Gasteiger charge is 1.96. The minimum atomic E-state index is 1.02. The van der Waals surface area contributed by atoms with Gasteiger partial charge in [0.25, 0.3) is 0 Å². The maximum absolute atomic E-state index is 2.26. The summed E-state index contributed by atoms with van der Waals surface area (Å²) in [5, 5.41) is 0. The molecular formula is C13H19N. The van der Waals surface area contributed by atoms with Crippen LogP contribution in [0.25, 0.3) is 0 Å². The lowest BCUT2D eigenvalue weighted by molar-refractivity contribution is 0.939. The van der Waals surface area contributed by atoms with Crippen molar-refractivity contribution in [2.75, 3.05) is 11.4 Å². The Balaban J connectivity index is 2.63. The summed E-state index contributed by atoms with van der Waals surface area (Å²) >= 11 is 0. The van der Waals surface area contributed by atoms with Crippen LogP contribution >= 0.6 is 0 Å². The molecule has 14 heavy (non-hydrogen) atoms. The van der Waals surface area contributed by atoms with Crippen LogP contribution in [0.2, 0.25) is 0 Å². The summed E-state index contributed by atoms with van der Waals surface area (Å²) in [5.74, 6) is 0. The molecule has 0 spiro atoms. The minimum absolute atomic E-state index is 1.02. The van der Waals surface area contributed by atoms with Crippen molar-refractivity contribution in [1.82, 2.24) is 0 Å². The Morgan fingerprint density at radius 2 is 1.86 bits per heavy atom. The molecule has 0 radical (unpaired) electrons. The highest BCUT2D eigenvalue weighted by atomic mass is 15.1. The number of para-hydroxylation sites is 1. The maximum Gasteiger partial charge on any atom is 0.0405 e. The highest BCUT2D eigenvalue weighted by Crippen LogP contribution is 2.13. The molecule has 1 nitrogen and oxygen atoms in total. The molecule has 0 saturated heterocycles. The predicted molar refractivity (Wildman–Crippen MR) is 63.5 cm³/mol. The van der Waals surface area contributed by atoms with Crippen LogP contribution in [0.5, 0.6) is 0 Å². The van der Waals surface area contributed by atoms with Gasteiger partial charge in [0.1, 0.15) is 0 Å². The van der Waals surface area contributed by atoms with E-state index in [9.17, 15) is 0 Å². The van der Waals surface area contributed by atoms with Gasteiger partial charge < -0.3 is 4.90 Å². The molecule has 0 aliphatic rings. The minimum Gasteiger partial charge on any atom is -0.349 e. The summed E-state index contributed by atoms with van der Waals surface area (Å²) in [6, 6.07) is 10.5. The molecule has 0 fully saturated rings. The zero-order valence-electron chi connectivity index (χ0n) is 9.11. The van der Waals surface area contributed by atoms with Gasteiger partial charge in [-0.25, -0.2) is 0 Å². The molecule has 0 aliphatic carbocycles. The Morgan fingerprint density at radius 1 is 1.14 bits per heavy atom. The van der Waals surface area contributed by atoms with Gasteiger partial charge in [-0.2, -0.15) is 0 Å². The Bertz CT molecular complexity index is 264. The second kappa shape index (κ2) is 6.25. The fourth-order valence-corrected chi connectivity index (χ4v) is 1.36. The van der Waals surface area contributed by atoms with Crippen LogP contribution in [0.15, 0.2) is 42.6 Å². The quantitative estimate of drug-likeness (QED) is 0.680. The molecule has 1 aromatic rings.